The van der Waals surface area contributed by atoms with Gasteiger partial charge < -0.3 is 10.1 Å². The third-order valence-electron chi connectivity index (χ3n) is 11.6. The van der Waals surface area contributed by atoms with Gasteiger partial charge in [0.2, 0.25) is 0 Å². The SMILES string of the molecule is CC(C)CCC[C@@H](C)C1CCC2[C@@H]3CC=C4C[C@@H](OC(=O)NCCn5nccn5)CC[C@]4(C)C3CC[C@@]21C. The van der Waals surface area contributed by atoms with Crippen LogP contribution in [0.3, 0.4) is 0 Å². The number of allylic oxidation sites excluding steroid dienone is 1. The van der Waals surface area contributed by atoms with Crippen LogP contribution in [0.5, 0.6) is 0 Å². The van der Waals surface area contributed by atoms with E-state index in [1.165, 1.54) is 51.4 Å². The van der Waals surface area contributed by atoms with Crippen LogP contribution in [0.2, 0.25) is 0 Å². The second kappa shape index (κ2) is 11.3. The third kappa shape index (κ3) is 5.43. The van der Waals surface area contributed by atoms with Gasteiger partial charge in [0.1, 0.15) is 6.10 Å². The minimum absolute atomic E-state index is 0.00916. The number of alkyl carbamates (subject to hydrolysis) is 1. The molecule has 6 nitrogen and oxygen atoms in total. The Balaban J connectivity index is 1.17. The van der Waals surface area contributed by atoms with Gasteiger partial charge in [-0.05, 0) is 91.3 Å². The van der Waals surface area contributed by atoms with Crippen molar-refractivity contribution in [2.45, 2.75) is 118 Å². The summed E-state index contributed by atoms with van der Waals surface area (Å²) >= 11 is 0. The van der Waals surface area contributed by atoms with Gasteiger partial charge >= 0.3 is 6.09 Å². The van der Waals surface area contributed by atoms with Gasteiger partial charge in [-0.3, -0.25) is 0 Å². The summed E-state index contributed by atoms with van der Waals surface area (Å²) in [6.07, 6.45) is 19.7. The summed E-state index contributed by atoms with van der Waals surface area (Å²) in [6.45, 7) is 13.5. The van der Waals surface area contributed by atoms with Crippen molar-refractivity contribution in [2.75, 3.05) is 6.54 Å². The Morgan fingerprint density at radius 1 is 1.08 bits per heavy atom. The highest BCUT2D eigenvalue weighted by Gasteiger charge is 2.59. The number of carbonyl (C=O) groups excluding carboxylic acids is 1. The third-order valence-corrected chi connectivity index (χ3v) is 11.6. The van der Waals surface area contributed by atoms with E-state index in [4.69, 9.17) is 4.74 Å². The van der Waals surface area contributed by atoms with E-state index < -0.39 is 0 Å². The Hall–Kier alpha value is -1.85. The first-order chi connectivity index (χ1) is 18.2. The molecule has 1 aromatic rings. The smallest absolute Gasteiger partial charge is 0.407 e. The first-order valence-corrected chi connectivity index (χ1v) is 15.7. The topological polar surface area (TPSA) is 69.0 Å². The number of amides is 1. The van der Waals surface area contributed by atoms with E-state index in [9.17, 15) is 4.79 Å². The molecule has 1 heterocycles. The van der Waals surface area contributed by atoms with Gasteiger partial charge in [0.25, 0.3) is 0 Å². The fourth-order valence-corrected chi connectivity index (χ4v) is 9.56. The largest absolute Gasteiger partial charge is 0.446 e. The number of hydrogen-bond acceptors (Lipinski definition) is 4. The molecule has 1 aromatic heterocycles. The van der Waals surface area contributed by atoms with E-state index >= 15 is 0 Å². The predicted molar refractivity (Wildman–Crippen MR) is 151 cm³/mol. The van der Waals surface area contributed by atoms with Crippen molar-refractivity contribution in [2.24, 2.45) is 46.3 Å². The molecule has 0 aromatic carbocycles. The minimum atomic E-state index is -0.312. The summed E-state index contributed by atoms with van der Waals surface area (Å²) in [7, 11) is 0. The van der Waals surface area contributed by atoms with E-state index in [1.807, 2.05) is 0 Å². The molecule has 5 rings (SSSR count). The van der Waals surface area contributed by atoms with Gasteiger partial charge in [-0.15, -0.1) is 0 Å². The van der Waals surface area contributed by atoms with Crippen molar-refractivity contribution in [1.82, 2.24) is 20.3 Å². The van der Waals surface area contributed by atoms with Crippen molar-refractivity contribution in [3.63, 3.8) is 0 Å². The molecule has 1 amide bonds. The normalized spacial score (nSPS) is 37.1. The van der Waals surface area contributed by atoms with Crippen LogP contribution in [-0.2, 0) is 11.3 Å². The molecule has 0 spiro atoms. The average molecular weight is 525 g/mol. The number of nitrogens with one attached hydrogen (secondary N) is 1. The van der Waals surface area contributed by atoms with Gasteiger partial charge in [0, 0.05) is 13.0 Å². The maximum Gasteiger partial charge on any atom is 0.407 e. The van der Waals surface area contributed by atoms with E-state index in [2.05, 4.69) is 56.2 Å². The Labute approximate surface area is 230 Å². The molecular formula is C32H52N4O2. The van der Waals surface area contributed by atoms with E-state index in [0.29, 0.717) is 18.5 Å². The molecule has 3 fully saturated rings. The molecule has 0 aliphatic heterocycles. The predicted octanol–water partition coefficient (Wildman–Crippen LogP) is 7.41. The van der Waals surface area contributed by atoms with Gasteiger partial charge in [0.15, 0.2) is 0 Å². The lowest BCUT2D eigenvalue weighted by atomic mass is 9.47. The van der Waals surface area contributed by atoms with Gasteiger partial charge in [-0.25, -0.2) is 4.79 Å². The van der Waals surface area contributed by atoms with Crippen LogP contribution in [-0.4, -0.2) is 33.7 Å². The molecule has 0 bridgehead atoms. The van der Waals surface area contributed by atoms with E-state index in [0.717, 1.165) is 54.8 Å². The van der Waals surface area contributed by atoms with Crippen LogP contribution in [0, 0.1) is 46.3 Å². The number of hydrogen-bond donors (Lipinski definition) is 1. The van der Waals surface area contributed by atoms with Gasteiger partial charge in [-0.1, -0.05) is 65.5 Å². The van der Waals surface area contributed by atoms with Crippen molar-refractivity contribution in [1.29, 1.82) is 0 Å². The molecule has 1 N–H and O–H groups in total. The molecule has 4 aliphatic rings. The zero-order valence-corrected chi connectivity index (χ0v) is 24.6. The maximum absolute atomic E-state index is 12.4. The van der Waals surface area contributed by atoms with Crippen LogP contribution >= 0.6 is 0 Å². The summed E-state index contributed by atoms with van der Waals surface area (Å²) in [5, 5.41) is 11.0. The lowest BCUT2D eigenvalue weighted by Crippen LogP contribution is -2.51. The monoisotopic (exact) mass is 524 g/mol. The molecule has 6 heteroatoms. The number of fused-ring (bicyclic) bond motifs is 5. The molecule has 4 aliphatic carbocycles. The molecule has 38 heavy (non-hydrogen) atoms. The molecule has 0 radical (unpaired) electrons. The molecule has 0 saturated heterocycles. The Bertz CT molecular complexity index is 974. The zero-order valence-electron chi connectivity index (χ0n) is 24.6. The number of aromatic nitrogens is 3. The van der Waals surface area contributed by atoms with Crippen molar-refractivity contribution in [3.05, 3.63) is 24.0 Å². The summed E-state index contributed by atoms with van der Waals surface area (Å²) in [4.78, 5) is 14.0. The molecule has 8 atom stereocenters. The Morgan fingerprint density at radius 3 is 2.63 bits per heavy atom. The van der Waals surface area contributed by atoms with Crippen LogP contribution in [0.25, 0.3) is 0 Å². The second-order valence-electron chi connectivity index (χ2n) is 14.1. The minimum Gasteiger partial charge on any atom is -0.446 e. The zero-order chi connectivity index (χ0) is 26.9. The maximum atomic E-state index is 12.4. The van der Waals surface area contributed by atoms with Crippen LogP contribution in [0.4, 0.5) is 4.79 Å². The van der Waals surface area contributed by atoms with Crippen molar-refractivity contribution in [3.8, 4) is 0 Å². The number of rotatable bonds is 9. The summed E-state index contributed by atoms with van der Waals surface area (Å²) in [5.41, 5.74) is 2.39. The molecular weight excluding hydrogens is 472 g/mol. The number of carbonyl (C=O) groups is 1. The second-order valence-corrected chi connectivity index (χ2v) is 14.1. The fraction of sp³-hybridized carbons (Fsp3) is 0.844. The summed E-state index contributed by atoms with van der Waals surface area (Å²) in [6, 6.07) is 0. The van der Waals surface area contributed by atoms with Gasteiger partial charge in [0.05, 0.1) is 18.9 Å². The van der Waals surface area contributed by atoms with Crippen LogP contribution < -0.4 is 5.32 Å². The Kier molecular flexibility index (Phi) is 8.26. The summed E-state index contributed by atoms with van der Waals surface area (Å²) < 4.78 is 5.87. The lowest BCUT2D eigenvalue weighted by Gasteiger charge is -2.58. The number of ether oxygens (including phenoxy) is 1. The Morgan fingerprint density at radius 2 is 1.87 bits per heavy atom. The standard InChI is InChI=1S/C32H52N4O2/c1-22(2)7-6-8-23(3)27-11-12-28-26-10-9-24-21-25(38-30(37)33-19-20-36-34-17-18-35-36)13-15-31(24,4)29(26)14-16-32(27,28)5/h9,17-18,22-23,25-29H,6-8,10-16,19-21H2,1-5H3,(H,33,37)/t23-,25+,26+,27?,28?,29?,31+,32-/m1/s1. The van der Waals surface area contributed by atoms with E-state index in [-0.39, 0.29) is 17.6 Å². The van der Waals surface area contributed by atoms with E-state index in [1.54, 1.807) is 22.8 Å². The first-order valence-electron chi connectivity index (χ1n) is 15.7. The average Bonchev–Trinajstić information content (AvgIpc) is 3.51. The molecule has 3 unspecified atom stereocenters. The van der Waals surface area contributed by atoms with Crippen LogP contribution in [0.1, 0.15) is 105 Å². The quantitative estimate of drug-likeness (QED) is 0.341. The first kappa shape index (κ1) is 27.7. The summed E-state index contributed by atoms with van der Waals surface area (Å²) in [5.74, 6) is 5.12. The van der Waals surface area contributed by atoms with Crippen molar-refractivity contribution >= 4 is 6.09 Å². The molecule has 212 valence electrons. The molecule has 3 saturated carbocycles. The fourth-order valence-electron chi connectivity index (χ4n) is 9.56. The van der Waals surface area contributed by atoms with Crippen molar-refractivity contribution < 1.29 is 9.53 Å². The van der Waals surface area contributed by atoms with Gasteiger partial charge in [-0.2, -0.15) is 15.0 Å². The lowest BCUT2D eigenvalue weighted by molar-refractivity contribution is -0.0581. The number of nitrogens with zero attached hydrogens (tertiary/aromatic N) is 3. The highest BCUT2D eigenvalue weighted by atomic mass is 16.6. The highest BCUT2D eigenvalue weighted by molar-refractivity contribution is 5.67. The highest BCUT2D eigenvalue weighted by Crippen LogP contribution is 2.67. The van der Waals surface area contributed by atoms with Crippen LogP contribution in [0.15, 0.2) is 24.0 Å².